The number of piperazine rings is 1. The van der Waals surface area contributed by atoms with Crippen molar-refractivity contribution in [3.8, 4) is 5.75 Å². The number of hydrogen-bond acceptors (Lipinski definition) is 4. The molecule has 1 saturated carbocycles. The topological polar surface area (TPSA) is 90.0 Å². The molecule has 0 radical (unpaired) electrons. The standard InChI is InChI=1S/C18H23N3O4/c1-2-12-3-6-15(22)14(11-12)17(24)20-7-9-21(10-8-20)18(25)16(23)19-13-4-5-13/h3,6,11,13,22H,2,4-5,7-10H2,1H3,(H,19,23). The summed E-state index contributed by atoms with van der Waals surface area (Å²) in [5.41, 5.74) is 1.26. The van der Waals surface area contributed by atoms with Crippen LogP contribution >= 0.6 is 0 Å². The van der Waals surface area contributed by atoms with Gasteiger partial charge in [0.2, 0.25) is 0 Å². The van der Waals surface area contributed by atoms with E-state index in [0.717, 1.165) is 24.8 Å². The van der Waals surface area contributed by atoms with Crippen LogP contribution in [0.2, 0.25) is 0 Å². The van der Waals surface area contributed by atoms with Gasteiger partial charge in [-0.15, -0.1) is 0 Å². The van der Waals surface area contributed by atoms with E-state index in [1.54, 1.807) is 17.0 Å². The first-order valence-electron chi connectivity index (χ1n) is 8.70. The number of rotatable bonds is 3. The summed E-state index contributed by atoms with van der Waals surface area (Å²) in [7, 11) is 0. The van der Waals surface area contributed by atoms with Gasteiger partial charge in [-0.2, -0.15) is 0 Å². The highest BCUT2D eigenvalue weighted by Gasteiger charge is 2.32. The molecule has 0 atom stereocenters. The molecule has 3 rings (SSSR count). The molecule has 3 amide bonds. The van der Waals surface area contributed by atoms with Crippen molar-refractivity contribution in [2.45, 2.75) is 32.2 Å². The highest BCUT2D eigenvalue weighted by Crippen LogP contribution is 2.22. The molecule has 1 aliphatic carbocycles. The third-order valence-corrected chi connectivity index (χ3v) is 4.66. The van der Waals surface area contributed by atoms with Crippen LogP contribution in [0.1, 0.15) is 35.7 Å². The van der Waals surface area contributed by atoms with Gasteiger partial charge in [-0.3, -0.25) is 14.4 Å². The number of phenols is 1. The molecule has 0 spiro atoms. The largest absolute Gasteiger partial charge is 0.507 e. The molecule has 0 unspecified atom stereocenters. The molecular formula is C18H23N3O4. The molecule has 7 nitrogen and oxygen atoms in total. The summed E-state index contributed by atoms with van der Waals surface area (Å²) < 4.78 is 0. The fourth-order valence-corrected chi connectivity index (χ4v) is 2.88. The lowest BCUT2D eigenvalue weighted by Crippen LogP contribution is -2.54. The molecule has 134 valence electrons. The van der Waals surface area contributed by atoms with Gasteiger partial charge >= 0.3 is 11.8 Å². The summed E-state index contributed by atoms with van der Waals surface area (Å²) in [6, 6.07) is 5.18. The van der Waals surface area contributed by atoms with E-state index in [1.807, 2.05) is 6.92 Å². The van der Waals surface area contributed by atoms with Crippen LogP contribution in [0.3, 0.4) is 0 Å². The number of hydrogen-bond donors (Lipinski definition) is 2. The Hall–Kier alpha value is -2.57. The smallest absolute Gasteiger partial charge is 0.312 e. The molecule has 2 aliphatic rings. The zero-order chi connectivity index (χ0) is 18.0. The monoisotopic (exact) mass is 345 g/mol. The Morgan fingerprint density at radius 2 is 1.76 bits per heavy atom. The summed E-state index contributed by atoms with van der Waals surface area (Å²) in [5.74, 6) is -1.38. The van der Waals surface area contributed by atoms with Gasteiger partial charge in [0, 0.05) is 32.2 Å². The number of amides is 3. The van der Waals surface area contributed by atoms with Crippen molar-refractivity contribution in [1.82, 2.24) is 15.1 Å². The first kappa shape index (κ1) is 17.3. The van der Waals surface area contributed by atoms with Crippen LogP contribution in [0.15, 0.2) is 18.2 Å². The lowest BCUT2D eigenvalue weighted by molar-refractivity contribution is -0.146. The van der Waals surface area contributed by atoms with Gasteiger partial charge in [-0.25, -0.2) is 0 Å². The summed E-state index contributed by atoms with van der Waals surface area (Å²) in [6.45, 7) is 3.31. The molecule has 1 heterocycles. The minimum Gasteiger partial charge on any atom is -0.507 e. The lowest BCUT2D eigenvalue weighted by atomic mass is 10.1. The summed E-state index contributed by atoms with van der Waals surface area (Å²) in [5, 5.41) is 12.7. The fraction of sp³-hybridized carbons (Fsp3) is 0.500. The van der Waals surface area contributed by atoms with Gasteiger partial charge in [-0.05, 0) is 37.0 Å². The van der Waals surface area contributed by atoms with E-state index in [9.17, 15) is 19.5 Å². The minimum atomic E-state index is -0.560. The number of phenolic OH excluding ortho intramolecular Hbond substituents is 1. The first-order chi connectivity index (χ1) is 12.0. The Kier molecular flexibility index (Phi) is 4.92. The number of aryl methyl sites for hydroxylation is 1. The number of aromatic hydroxyl groups is 1. The van der Waals surface area contributed by atoms with Crippen LogP contribution in [0, 0.1) is 0 Å². The van der Waals surface area contributed by atoms with E-state index in [1.165, 1.54) is 11.0 Å². The molecule has 25 heavy (non-hydrogen) atoms. The molecule has 1 aromatic carbocycles. The third-order valence-electron chi connectivity index (χ3n) is 4.66. The molecule has 1 aromatic rings. The van der Waals surface area contributed by atoms with Crippen LogP contribution < -0.4 is 5.32 Å². The fourth-order valence-electron chi connectivity index (χ4n) is 2.88. The van der Waals surface area contributed by atoms with Crippen LogP contribution in [-0.2, 0) is 16.0 Å². The second kappa shape index (κ2) is 7.13. The van der Waals surface area contributed by atoms with Crippen molar-refractivity contribution in [1.29, 1.82) is 0 Å². The predicted molar refractivity (Wildman–Crippen MR) is 91.1 cm³/mol. The summed E-state index contributed by atoms with van der Waals surface area (Å²) in [6.07, 6.45) is 2.64. The maximum Gasteiger partial charge on any atom is 0.312 e. The van der Waals surface area contributed by atoms with E-state index in [4.69, 9.17) is 0 Å². The molecule has 2 N–H and O–H groups in total. The molecule has 2 fully saturated rings. The maximum absolute atomic E-state index is 12.6. The zero-order valence-electron chi connectivity index (χ0n) is 14.3. The Balaban J connectivity index is 1.59. The van der Waals surface area contributed by atoms with E-state index in [-0.39, 0.29) is 23.3 Å². The Morgan fingerprint density at radius 1 is 1.12 bits per heavy atom. The van der Waals surface area contributed by atoms with Gasteiger partial charge in [-0.1, -0.05) is 13.0 Å². The van der Waals surface area contributed by atoms with Gasteiger partial charge in [0.15, 0.2) is 0 Å². The van der Waals surface area contributed by atoms with Crippen molar-refractivity contribution >= 4 is 17.7 Å². The molecular weight excluding hydrogens is 322 g/mol. The van der Waals surface area contributed by atoms with Crippen molar-refractivity contribution in [3.05, 3.63) is 29.3 Å². The van der Waals surface area contributed by atoms with E-state index < -0.39 is 11.8 Å². The average Bonchev–Trinajstić information content (AvgIpc) is 3.45. The third kappa shape index (κ3) is 3.92. The number of nitrogens with one attached hydrogen (secondary N) is 1. The first-order valence-corrected chi connectivity index (χ1v) is 8.70. The van der Waals surface area contributed by atoms with Crippen LogP contribution in [0.5, 0.6) is 5.75 Å². The predicted octanol–water partition coefficient (Wildman–Crippen LogP) is 0.518. The minimum absolute atomic E-state index is 0.0375. The SMILES string of the molecule is CCc1ccc(O)c(C(=O)N2CCN(C(=O)C(=O)NC3CC3)CC2)c1. The second-order valence-electron chi connectivity index (χ2n) is 6.54. The van der Waals surface area contributed by atoms with Gasteiger partial charge in [0.1, 0.15) is 5.75 Å². The lowest BCUT2D eigenvalue weighted by Gasteiger charge is -2.34. The van der Waals surface area contributed by atoms with Crippen LogP contribution in [-0.4, -0.2) is 64.8 Å². The molecule has 0 bridgehead atoms. The average molecular weight is 345 g/mol. The van der Waals surface area contributed by atoms with Gasteiger partial charge in [0.25, 0.3) is 5.91 Å². The van der Waals surface area contributed by atoms with Crippen LogP contribution in [0.25, 0.3) is 0 Å². The summed E-state index contributed by atoms with van der Waals surface area (Å²) in [4.78, 5) is 39.7. The normalized spacial score (nSPS) is 17.3. The molecule has 1 aliphatic heterocycles. The maximum atomic E-state index is 12.6. The number of nitrogens with zero attached hydrogens (tertiary/aromatic N) is 2. The van der Waals surface area contributed by atoms with Crippen LogP contribution in [0.4, 0.5) is 0 Å². The number of benzene rings is 1. The molecule has 1 saturated heterocycles. The second-order valence-corrected chi connectivity index (χ2v) is 6.54. The molecule has 7 heteroatoms. The Labute approximate surface area is 146 Å². The van der Waals surface area contributed by atoms with Crippen molar-refractivity contribution in [2.24, 2.45) is 0 Å². The van der Waals surface area contributed by atoms with Gasteiger partial charge < -0.3 is 20.2 Å². The molecule has 0 aromatic heterocycles. The Morgan fingerprint density at radius 3 is 2.36 bits per heavy atom. The summed E-state index contributed by atoms with van der Waals surface area (Å²) >= 11 is 0. The Bertz CT molecular complexity index is 692. The zero-order valence-corrected chi connectivity index (χ0v) is 14.3. The van der Waals surface area contributed by atoms with E-state index in [0.29, 0.717) is 26.2 Å². The van der Waals surface area contributed by atoms with Crippen molar-refractivity contribution in [3.63, 3.8) is 0 Å². The number of carbonyl (C=O) groups excluding carboxylic acids is 3. The van der Waals surface area contributed by atoms with E-state index in [2.05, 4.69) is 5.32 Å². The quantitative estimate of drug-likeness (QED) is 0.782. The van der Waals surface area contributed by atoms with Crippen molar-refractivity contribution < 1.29 is 19.5 Å². The van der Waals surface area contributed by atoms with Crippen molar-refractivity contribution in [2.75, 3.05) is 26.2 Å². The van der Waals surface area contributed by atoms with E-state index >= 15 is 0 Å². The highest BCUT2D eigenvalue weighted by atomic mass is 16.3. The highest BCUT2D eigenvalue weighted by molar-refractivity contribution is 6.35. The van der Waals surface area contributed by atoms with Gasteiger partial charge in [0.05, 0.1) is 5.56 Å². The number of carbonyl (C=O) groups is 3.